The molecule has 0 unspecified atom stereocenters. The summed E-state index contributed by atoms with van der Waals surface area (Å²) in [5.41, 5.74) is 1.00. The van der Waals surface area contributed by atoms with Crippen LogP contribution < -0.4 is 24.8 Å². The number of amides is 2. The predicted molar refractivity (Wildman–Crippen MR) is 163 cm³/mol. The number of nitrogens with one attached hydrogen (secondary N) is 2. The van der Waals surface area contributed by atoms with E-state index in [0.717, 1.165) is 0 Å². The van der Waals surface area contributed by atoms with Crippen molar-refractivity contribution >= 4 is 23.6 Å². The molecular weight excluding hydrogens is 637 g/mol. The second-order valence-corrected chi connectivity index (χ2v) is 10.1. The molecule has 252 valence electrons. The lowest BCUT2D eigenvalue weighted by Crippen LogP contribution is -2.53. The van der Waals surface area contributed by atoms with Crippen LogP contribution in [0.3, 0.4) is 0 Å². The Kier molecular flexibility index (Phi) is 14.4. The summed E-state index contributed by atoms with van der Waals surface area (Å²) in [6.45, 7) is 1.79. The van der Waals surface area contributed by atoms with Gasteiger partial charge in [0.05, 0.1) is 36.4 Å². The zero-order valence-corrected chi connectivity index (χ0v) is 25.9. The van der Waals surface area contributed by atoms with Gasteiger partial charge in [-0.05, 0) is 60.0 Å². The first-order valence-electron chi connectivity index (χ1n) is 14.0. The number of benzene rings is 3. The number of ketones is 1. The Morgan fingerprint density at radius 3 is 1.77 bits per heavy atom. The van der Waals surface area contributed by atoms with E-state index in [4.69, 9.17) is 29.8 Å². The van der Waals surface area contributed by atoms with Crippen molar-refractivity contribution < 1.29 is 51.7 Å². The SMILES string of the molecule is COc1ccc([C@H](NC(=O)COc2cccc(C#N)c2)C(=O)N[C@H](C(=O)C(F)(F)F)C(C)C)cc1.N#Cc1cccc(OCC(=O)O)c1. The number of aliphatic carboxylic acids is 1. The Morgan fingerprint density at radius 2 is 1.33 bits per heavy atom. The number of methoxy groups -OCH3 is 1. The predicted octanol–water partition coefficient (Wildman–Crippen LogP) is 4.10. The molecule has 15 heteroatoms. The third-order valence-electron chi connectivity index (χ3n) is 6.20. The number of alkyl halides is 3. The lowest BCUT2D eigenvalue weighted by Gasteiger charge is -2.26. The highest BCUT2D eigenvalue weighted by Gasteiger charge is 2.45. The van der Waals surface area contributed by atoms with Gasteiger partial charge in [-0.25, -0.2) is 4.79 Å². The van der Waals surface area contributed by atoms with Crippen molar-refractivity contribution in [1.29, 1.82) is 10.5 Å². The van der Waals surface area contributed by atoms with E-state index in [1.54, 1.807) is 30.3 Å². The zero-order chi connectivity index (χ0) is 35.9. The quantitative estimate of drug-likeness (QED) is 0.239. The van der Waals surface area contributed by atoms with E-state index in [9.17, 15) is 32.3 Å². The van der Waals surface area contributed by atoms with E-state index >= 15 is 0 Å². The Bertz CT molecular complexity index is 1660. The second kappa shape index (κ2) is 18.2. The van der Waals surface area contributed by atoms with Crippen LogP contribution in [0.4, 0.5) is 13.2 Å². The lowest BCUT2D eigenvalue weighted by molar-refractivity contribution is -0.175. The first-order valence-corrected chi connectivity index (χ1v) is 14.0. The maximum atomic E-state index is 13.0. The molecule has 0 heterocycles. The van der Waals surface area contributed by atoms with Crippen LogP contribution in [0.2, 0.25) is 0 Å². The first kappa shape index (κ1) is 38.1. The molecule has 48 heavy (non-hydrogen) atoms. The fourth-order valence-electron chi connectivity index (χ4n) is 3.85. The fourth-order valence-corrected chi connectivity index (χ4v) is 3.85. The first-order chi connectivity index (χ1) is 22.7. The van der Waals surface area contributed by atoms with Gasteiger partial charge in [0.1, 0.15) is 23.3 Å². The summed E-state index contributed by atoms with van der Waals surface area (Å²) in [4.78, 5) is 47.5. The molecule has 0 spiro atoms. The summed E-state index contributed by atoms with van der Waals surface area (Å²) in [6.07, 6.45) is -5.15. The minimum absolute atomic E-state index is 0.236. The highest BCUT2D eigenvalue weighted by Crippen LogP contribution is 2.23. The summed E-state index contributed by atoms with van der Waals surface area (Å²) < 4.78 is 54.3. The van der Waals surface area contributed by atoms with Gasteiger partial charge in [-0.1, -0.05) is 38.1 Å². The molecular formula is C33H31F3N4O8. The van der Waals surface area contributed by atoms with Crippen LogP contribution >= 0.6 is 0 Å². The number of carboxylic acids is 1. The zero-order valence-electron chi connectivity index (χ0n) is 25.9. The van der Waals surface area contributed by atoms with Crippen LogP contribution in [0.5, 0.6) is 17.2 Å². The summed E-state index contributed by atoms with van der Waals surface area (Å²) >= 11 is 0. The van der Waals surface area contributed by atoms with E-state index in [-0.39, 0.29) is 11.3 Å². The van der Waals surface area contributed by atoms with E-state index in [1.807, 2.05) is 12.1 Å². The molecule has 2 amide bonds. The molecule has 0 aliphatic heterocycles. The van der Waals surface area contributed by atoms with Crippen molar-refractivity contribution in [3.63, 3.8) is 0 Å². The highest BCUT2D eigenvalue weighted by molar-refractivity contribution is 5.95. The van der Waals surface area contributed by atoms with Crippen LogP contribution in [0.1, 0.15) is 36.6 Å². The van der Waals surface area contributed by atoms with Gasteiger partial charge in [-0.2, -0.15) is 23.7 Å². The summed E-state index contributed by atoms with van der Waals surface area (Å²) in [7, 11) is 1.43. The van der Waals surface area contributed by atoms with Gasteiger partial charge in [-0.15, -0.1) is 0 Å². The number of nitriles is 2. The van der Waals surface area contributed by atoms with Crippen molar-refractivity contribution in [2.45, 2.75) is 32.1 Å². The van der Waals surface area contributed by atoms with Crippen molar-refractivity contribution in [3.8, 4) is 29.4 Å². The number of ether oxygens (including phenoxy) is 3. The lowest BCUT2D eigenvalue weighted by atomic mass is 9.98. The molecule has 3 rings (SSSR count). The van der Waals surface area contributed by atoms with Crippen LogP contribution in [-0.4, -0.2) is 61.2 Å². The molecule has 0 saturated heterocycles. The van der Waals surface area contributed by atoms with Crippen LogP contribution in [0.25, 0.3) is 0 Å². The van der Waals surface area contributed by atoms with Gasteiger partial charge in [0.2, 0.25) is 5.91 Å². The molecule has 0 aromatic heterocycles. The van der Waals surface area contributed by atoms with E-state index in [1.165, 1.54) is 63.4 Å². The number of carboxylic acid groups (broad SMARTS) is 1. The number of Topliss-reactive ketones (excluding diaryl/α,β-unsaturated/α-hetero) is 1. The molecule has 0 bridgehead atoms. The molecule has 3 aromatic carbocycles. The monoisotopic (exact) mass is 668 g/mol. The Balaban J connectivity index is 0.000000513. The number of hydrogen-bond acceptors (Lipinski definition) is 9. The third-order valence-corrected chi connectivity index (χ3v) is 6.20. The van der Waals surface area contributed by atoms with Crippen LogP contribution in [0, 0.1) is 28.6 Å². The van der Waals surface area contributed by atoms with E-state index < -0.39 is 61.0 Å². The maximum Gasteiger partial charge on any atom is 0.452 e. The average Bonchev–Trinajstić information content (AvgIpc) is 3.07. The molecule has 0 saturated carbocycles. The van der Waals surface area contributed by atoms with Crippen molar-refractivity contribution in [1.82, 2.24) is 10.6 Å². The molecule has 0 radical (unpaired) electrons. The Hall–Kier alpha value is -6.09. The molecule has 0 aliphatic rings. The number of hydrogen-bond donors (Lipinski definition) is 3. The molecule has 0 aliphatic carbocycles. The van der Waals surface area contributed by atoms with Gasteiger partial charge in [0.25, 0.3) is 11.7 Å². The smallest absolute Gasteiger partial charge is 0.452 e. The second-order valence-electron chi connectivity index (χ2n) is 10.1. The van der Waals surface area contributed by atoms with Gasteiger partial charge in [0, 0.05) is 0 Å². The van der Waals surface area contributed by atoms with Crippen molar-refractivity contribution in [2.75, 3.05) is 20.3 Å². The third kappa shape index (κ3) is 12.4. The number of carbonyl (C=O) groups excluding carboxylic acids is 3. The minimum Gasteiger partial charge on any atom is -0.497 e. The summed E-state index contributed by atoms with van der Waals surface area (Å²) in [5, 5.41) is 30.3. The molecule has 12 nitrogen and oxygen atoms in total. The minimum atomic E-state index is -5.15. The number of nitrogens with zero attached hydrogens (tertiary/aromatic N) is 2. The van der Waals surface area contributed by atoms with Crippen molar-refractivity contribution in [2.24, 2.45) is 5.92 Å². The maximum absolute atomic E-state index is 13.0. The van der Waals surface area contributed by atoms with Gasteiger partial charge >= 0.3 is 12.1 Å². The van der Waals surface area contributed by atoms with Gasteiger partial charge in [-0.3, -0.25) is 14.4 Å². The fraction of sp³-hybridized carbons (Fsp3) is 0.273. The Labute approximate surface area is 273 Å². The number of carbonyl (C=O) groups is 4. The van der Waals surface area contributed by atoms with Gasteiger partial charge < -0.3 is 30.0 Å². The van der Waals surface area contributed by atoms with Crippen molar-refractivity contribution in [3.05, 3.63) is 89.5 Å². The largest absolute Gasteiger partial charge is 0.497 e. The normalized spacial score (nSPS) is 11.7. The standard InChI is InChI=1S/C24H24F3N3O5.C9H7NO3/c1-14(2)20(22(32)24(25,26)27)30-23(33)21(16-7-9-17(34-3)10-8-16)29-19(31)13-35-18-6-4-5-15(11-18)12-28;10-5-7-2-1-3-8(4-7)13-6-9(11)12/h4-11,14,20-21H,13H2,1-3H3,(H,29,31)(H,30,33);1-4H,6H2,(H,11,12)/t20-,21-;/m0./s1. The van der Waals surface area contributed by atoms with Crippen LogP contribution in [0.15, 0.2) is 72.8 Å². The molecule has 3 aromatic rings. The van der Waals surface area contributed by atoms with E-state index in [2.05, 4.69) is 10.6 Å². The molecule has 3 N–H and O–H groups in total. The average molecular weight is 669 g/mol. The topological polar surface area (TPSA) is 188 Å². The van der Waals surface area contributed by atoms with Crippen LogP contribution in [-0.2, 0) is 19.2 Å². The Morgan fingerprint density at radius 1 is 0.812 bits per heavy atom. The molecule has 0 fully saturated rings. The number of rotatable bonds is 13. The summed E-state index contributed by atoms with van der Waals surface area (Å²) in [6, 6.07) is 18.9. The van der Waals surface area contributed by atoms with Gasteiger partial charge in [0.15, 0.2) is 13.2 Å². The van der Waals surface area contributed by atoms with E-state index in [0.29, 0.717) is 22.6 Å². The number of halogens is 3. The highest BCUT2D eigenvalue weighted by atomic mass is 19.4. The molecule has 2 atom stereocenters. The summed E-state index contributed by atoms with van der Waals surface area (Å²) in [5.74, 6) is -4.69.